The highest BCUT2D eigenvalue weighted by molar-refractivity contribution is 6.19. The largest absolute Gasteiger partial charge is 0.350 e. The Bertz CT molecular complexity index is 2750. The Morgan fingerprint density at radius 1 is 0.538 bits per heavy atom. The molecule has 0 aliphatic heterocycles. The summed E-state index contributed by atoms with van der Waals surface area (Å²) in [7, 11) is 0. The van der Waals surface area contributed by atoms with E-state index in [9.17, 15) is 0 Å². The lowest BCUT2D eigenvalue weighted by atomic mass is 10.1. The Labute approximate surface area is 302 Å². The number of para-hydroxylation sites is 3. The molecule has 9 aromatic rings. The van der Waals surface area contributed by atoms with E-state index in [0.29, 0.717) is 12.4 Å². The second kappa shape index (κ2) is 13.4. The van der Waals surface area contributed by atoms with Gasteiger partial charge in [-0.25, -0.2) is 0 Å². The van der Waals surface area contributed by atoms with Crippen molar-refractivity contribution in [2.75, 3.05) is 0 Å². The van der Waals surface area contributed by atoms with E-state index in [0.717, 1.165) is 28.0 Å². The number of amidine groups is 1. The number of rotatable bonds is 8. The molecule has 2 heterocycles. The van der Waals surface area contributed by atoms with Gasteiger partial charge in [0.05, 0.1) is 22.1 Å². The third kappa shape index (κ3) is 5.58. The third-order valence-electron chi connectivity index (χ3n) is 9.82. The van der Waals surface area contributed by atoms with Gasteiger partial charge in [0.15, 0.2) is 0 Å². The molecule has 5 nitrogen and oxygen atoms in total. The highest BCUT2D eigenvalue weighted by Crippen LogP contribution is 2.39. The fourth-order valence-electron chi connectivity index (χ4n) is 7.43. The molecule has 0 fully saturated rings. The van der Waals surface area contributed by atoms with Crippen LogP contribution in [0.4, 0.5) is 0 Å². The number of aliphatic imine (C=N–C) groups is 1. The van der Waals surface area contributed by atoms with Crippen molar-refractivity contribution in [3.63, 3.8) is 0 Å². The molecule has 0 bridgehead atoms. The maximum atomic E-state index is 5.71. The fourth-order valence-corrected chi connectivity index (χ4v) is 7.43. The van der Waals surface area contributed by atoms with Crippen LogP contribution in [0.15, 0.2) is 181 Å². The SMILES string of the molecule is C#CN=C(NC(NCc1ccccc1)c1ccc(-n2c3ccccc3c3cc4c(cc32)c2ccccc2n4-c2ccccc2)cc1)c1ccccc1. The molecule has 0 aliphatic rings. The van der Waals surface area contributed by atoms with Crippen molar-refractivity contribution in [3.05, 3.63) is 193 Å². The topological polar surface area (TPSA) is 46.3 Å². The summed E-state index contributed by atoms with van der Waals surface area (Å²) in [6, 6.07) is 64.4. The first-order valence-corrected chi connectivity index (χ1v) is 17.5. The average molecular weight is 670 g/mol. The van der Waals surface area contributed by atoms with Crippen molar-refractivity contribution in [3.8, 4) is 23.8 Å². The molecule has 7 aromatic carbocycles. The number of nitrogens with one attached hydrogen (secondary N) is 2. The molecule has 0 radical (unpaired) electrons. The molecule has 0 amide bonds. The summed E-state index contributed by atoms with van der Waals surface area (Å²) in [6.45, 7) is 0.665. The van der Waals surface area contributed by atoms with Gasteiger partial charge in [-0.3, -0.25) is 5.32 Å². The molecule has 2 aromatic heterocycles. The predicted octanol–water partition coefficient (Wildman–Crippen LogP) is 10.3. The number of benzene rings is 7. The lowest BCUT2D eigenvalue weighted by molar-refractivity contribution is 0.505. The van der Waals surface area contributed by atoms with Crippen LogP contribution >= 0.6 is 0 Å². The zero-order chi connectivity index (χ0) is 34.9. The molecule has 52 heavy (non-hydrogen) atoms. The van der Waals surface area contributed by atoms with Crippen LogP contribution in [0, 0.1) is 12.5 Å². The maximum absolute atomic E-state index is 5.71. The minimum atomic E-state index is -0.261. The number of terminal acetylenes is 1. The Morgan fingerprint density at radius 2 is 1.04 bits per heavy atom. The van der Waals surface area contributed by atoms with Gasteiger partial charge in [-0.05, 0) is 59.7 Å². The van der Waals surface area contributed by atoms with Gasteiger partial charge in [0.2, 0.25) is 0 Å². The first-order chi connectivity index (χ1) is 25.8. The van der Waals surface area contributed by atoms with Crippen molar-refractivity contribution in [2.45, 2.75) is 12.7 Å². The normalized spacial score (nSPS) is 12.4. The first kappa shape index (κ1) is 31.1. The second-order valence-electron chi connectivity index (χ2n) is 12.9. The zero-order valence-corrected chi connectivity index (χ0v) is 28.4. The van der Waals surface area contributed by atoms with Gasteiger partial charge in [-0.2, -0.15) is 4.99 Å². The van der Waals surface area contributed by atoms with Crippen LogP contribution in [0.25, 0.3) is 55.0 Å². The van der Waals surface area contributed by atoms with Crippen molar-refractivity contribution in [1.29, 1.82) is 0 Å². The molecule has 1 unspecified atom stereocenters. The number of nitrogens with zero attached hydrogens (tertiary/aromatic N) is 3. The number of fused-ring (bicyclic) bond motifs is 6. The summed E-state index contributed by atoms with van der Waals surface area (Å²) in [4.78, 5) is 4.40. The highest BCUT2D eigenvalue weighted by atomic mass is 15.2. The molecule has 1 atom stereocenters. The summed E-state index contributed by atoms with van der Waals surface area (Å²) in [5.74, 6) is 0.638. The Balaban J connectivity index is 1.17. The van der Waals surface area contributed by atoms with Gasteiger partial charge in [0, 0.05) is 51.1 Å². The maximum Gasteiger partial charge on any atom is 0.145 e. The molecule has 0 saturated carbocycles. The van der Waals surface area contributed by atoms with Crippen LogP contribution in [0.1, 0.15) is 22.9 Å². The van der Waals surface area contributed by atoms with Gasteiger partial charge in [0.25, 0.3) is 0 Å². The first-order valence-electron chi connectivity index (χ1n) is 17.5. The van der Waals surface area contributed by atoms with Crippen molar-refractivity contribution in [1.82, 2.24) is 19.8 Å². The quantitative estimate of drug-likeness (QED) is 0.0732. The molecular weight excluding hydrogens is 635 g/mol. The van der Waals surface area contributed by atoms with Crippen LogP contribution in [0.5, 0.6) is 0 Å². The van der Waals surface area contributed by atoms with E-state index < -0.39 is 0 Å². The Hall–Kier alpha value is -6.87. The van der Waals surface area contributed by atoms with E-state index in [4.69, 9.17) is 6.42 Å². The predicted molar refractivity (Wildman–Crippen MR) is 216 cm³/mol. The smallest absolute Gasteiger partial charge is 0.145 e. The molecule has 0 aliphatic carbocycles. The lowest BCUT2D eigenvalue weighted by Crippen LogP contribution is -2.38. The van der Waals surface area contributed by atoms with E-state index >= 15 is 0 Å². The molecule has 0 spiro atoms. The van der Waals surface area contributed by atoms with Gasteiger partial charge in [-0.1, -0.05) is 134 Å². The van der Waals surface area contributed by atoms with Gasteiger partial charge >= 0.3 is 0 Å². The van der Waals surface area contributed by atoms with E-state index in [1.807, 2.05) is 36.4 Å². The number of aromatic nitrogens is 2. The molecule has 248 valence electrons. The van der Waals surface area contributed by atoms with Crippen molar-refractivity contribution >= 4 is 49.4 Å². The van der Waals surface area contributed by atoms with Crippen LogP contribution < -0.4 is 10.6 Å². The standard InChI is InChI=1S/C47H35N5/c1-2-48-46(34-18-8-4-9-19-34)50-47(49-32-33-16-6-3-7-17-33)35-26-28-37(29-27-35)52-43-25-15-13-23-39(43)41-30-44-40(31-45(41)52)38-22-12-14-24-42(38)51(44)36-20-10-5-11-21-36/h1,3-31,47,49H,32H2,(H,48,50). The van der Waals surface area contributed by atoms with Crippen LogP contribution in [0.2, 0.25) is 0 Å². The molecule has 0 saturated heterocycles. The van der Waals surface area contributed by atoms with Crippen molar-refractivity contribution < 1.29 is 0 Å². The van der Waals surface area contributed by atoms with Crippen molar-refractivity contribution in [2.24, 2.45) is 4.99 Å². The zero-order valence-electron chi connectivity index (χ0n) is 28.4. The van der Waals surface area contributed by atoms with E-state index in [1.54, 1.807) is 0 Å². The lowest BCUT2D eigenvalue weighted by Gasteiger charge is -2.23. The Kier molecular flexibility index (Phi) is 8.05. The van der Waals surface area contributed by atoms with E-state index in [1.165, 1.54) is 43.7 Å². The molecule has 5 heteroatoms. The Morgan fingerprint density at radius 3 is 1.62 bits per heavy atom. The van der Waals surface area contributed by atoms with E-state index in [-0.39, 0.29) is 6.17 Å². The fraction of sp³-hybridized carbons (Fsp3) is 0.0426. The third-order valence-corrected chi connectivity index (χ3v) is 9.82. The van der Waals surface area contributed by atoms with Crippen LogP contribution in [0.3, 0.4) is 0 Å². The second-order valence-corrected chi connectivity index (χ2v) is 12.9. The summed E-state index contributed by atoms with van der Waals surface area (Å²) < 4.78 is 4.77. The summed E-state index contributed by atoms with van der Waals surface area (Å²) in [5.41, 5.74) is 10.1. The van der Waals surface area contributed by atoms with Gasteiger partial charge < -0.3 is 14.5 Å². The average Bonchev–Trinajstić information content (AvgIpc) is 3.71. The summed E-state index contributed by atoms with van der Waals surface area (Å²) in [5, 5.41) is 12.2. The summed E-state index contributed by atoms with van der Waals surface area (Å²) >= 11 is 0. The van der Waals surface area contributed by atoms with Crippen LogP contribution in [-0.2, 0) is 6.54 Å². The molecule has 2 N–H and O–H groups in total. The van der Waals surface area contributed by atoms with Gasteiger partial charge in [0.1, 0.15) is 12.0 Å². The number of hydrogen-bond acceptors (Lipinski definition) is 2. The number of hydrogen-bond donors (Lipinski definition) is 2. The molecular formula is C47H35N5. The minimum Gasteiger partial charge on any atom is -0.350 e. The van der Waals surface area contributed by atoms with Crippen LogP contribution in [-0.4, -0.2) is 15.0 Å². The molecule has 9 rings (SSSR count). The van der Waals surface area contributed by atoms with Gasteiger partial charge in [-0.15, -0.1) is 0 Å². The highest BCUT2D eigenvalue weighted by Gasteiger charge is 2.19. The van der Waals surface area contributed by atoms with E-state index in [2.05, 4.69) is 170 Å². The monoisotopic (exact) mass is 669 g/mol. The summed E-state index contributed by atoms with van der Waals surface area (Å²) in [6.07, 6.45) is 5.44. The minimum absolute atomic E-state index is 0.261.